The van der Waals surface area contributed by atoms with E-state index in [1.807, 2.05) is 0 Å². The molecule has 0 spiro atoms. The van der Waals surface area contributed by atoms with Gasteiger partial charge in [0.25, 0.3) is 5.91 Å². The van der Waals surface area contributed by atoms with E-state index in [1.165, 1.54) is 6.20 Å². The van der Waals surface area contributed by atoms with Gasteiger partial charge in [-0.2, -0.15) is 5.26 Å². The summed E-state index contributed by atoms with van der Waals surface area (Å²) in [5, 5.41) is 23.2. The maximum absolute atomic E-state index is 11.9. The summed E-state index contributed by atoms with van der Waals surface area (Å²) in [5.41, 5.74) is -0.153. The number of carboxylic acids is 1. The highest BCUT2D eigenvalue weighted by Crippen LogP contribution is 2.10. The Balaban J connectivity index is 2.55. The molecule has 7 heteroatoms. The molecule has 1 heterocycles. The maximum Gasteiger partial charge on any atom is 0.326 e. The molecule has 0 aromatic rings. The lowest BCUT2D eigenvalue weighted by atomic mass is 10.0. The molecule has 21 heavy (non-hydrogen) atoms. The summed E-state index contributed by atoms with van der Waals surface area (Å²) < 4.78 is 5.40. The zero-order valence-electron chi connectivity index (χ0n) is 12.3. The molecule has 116 valence electrons. The van der Waals surface area contributed by atoms with Crippen LogP contribution in [-0.2, 0) is 14.3 Å². The van der Waals surface area contributed by atoms with Gasteiger partial charge in [-0.05, 0) is 18.8 Å². The van der Waals surface area contributed by atoms with Gasteiger partial charge in [-0.25, -0.2) is 4.79 Å². The van der Waals surface area contributed by atoms with Crippen LogP contribution in [0.2, 0.25) is 0 Å². The molecular weight excluding hydrogens is 274 g/mol. The van der Waals surface area contributed by atoms with Crippen LogP contribution in [0.4, 0.5) is 0 Å². The average Bonchev–Trinajstić information content (AvgIpc) is 2.93. The SMILES string of the molecule is CC(C)C(NC(=O)/C(C#N)=C\NCC1CCCO1)C(=O)O. The van der Waals surface area contributed by atoms with Crippen LogP contribution in [0.25, 0.3) is 0 Å². The van der Waals surface area contributed by atoms with Crippen molar-refractivity contribution in [2.45, 2.75) is 38.8 Å². The number of aliphatic carboxylic acids is 1. The number of nitrogens with one attached hydrogen (secondary N) is 2. The quantitative estimate of drug-likeness (QED) is 0.463. The Kier molecular flexibility index (Phi) is 6.69. The summed E-state index contributed by atoms with van der Waals surface area (Å²) in [6, 6.07) is 0.742. The predicted molar refractivity (Wildman–Crippen MR) is 75.1 cm³/mol. The Labute approximate surface area is 124 Å². The van der Waals surface area contributed by atoms with E-state index in [4.69, 9.17) is 15.1 Å². The van der Waals surface area contributed by atoms with Crippen molar-refractivity contribution in [2.24, 2.45) is 5.92 Å². The van der Waals surface area contributed by atoms with Crippen molar-refractivity contribution in [3.63, 3.8) is 0 Å². The summed E-state index contributed by atoms with van der Waals surface area (Å²) in [7, 11) is 0. The van der Waals surface area contributed by atoms with Crippen LogP contribution in [0.1, 0.15) is 26.7 Å². The topological polar surface area (TPSA) is 111 Å². The summed E-state index contributed by atoms with van der Waals surface area (Å²) in [6.07, 6.45) is 3.35. The van der Waals surface area contributed by atoms with Crippen LogP contribution >= 0.6 is 0 Å². The molecule has 1 saturated heterocycles. The predicted octanol–water partition coefficient (Wildman–Crippen LogP) is 0.388. The monoisotopic (exact) mass is 295 g/mol. The van der Waals surface area contributed by atoms with E-state index >= 15 is 0 Å². The highest BCUT2D eigenvalue weighted by atomic mass is 16.5. The molecule has 2 unspecified atom stereocenters. The number of rotatable bonds is 7. The number of hydrogen-bond acceptors (Lipinski definition) is 5. The van der Waals surface area contributed by atoms with Crippen LogP contribution in [0.5, 0.6) is 0 Å². The Hall–Kier alpha value is -2.07. The number of hydrogen-bond donors (Lipinski definition) is 3. The highest BCUT2D eigenvalue weighted by Gasteiger charge is 2.25. The first-order valence-electron chi connectivity index (χ1n) is 6.94. The molecule has 0 aromatic carbocycles. The summed E-state index contributed by atoms with van der Waals surface area (Å²) in [4.78, 5) is 22.9. The molecule has 1 fully saturated rings. The molecule has 3 N–H and O–H groups in total. The smallest absolute Gasteiger partial charge is 0.326 e. The fourth-order valence-corrected chi connectivity index (χ4v) is 1.98. The van der Waals surface area contributed by atoms with Crippen molar-refractivity contribution >= 4 is 11.9 Å². The molecule has 1 rings (SSSR count). The number of nitrogens with zero attached hydrogens (tertiary/aromatic N) is 1. The van der Waals surface area contributed by atoms with Gasteiger partial charge in [-0.15, -0.1) is 0 Å². The van der Waals surface area contributed by atoms with E-state index < -0.39 is 17.9 Å². The molecule has 0 saturated carbocycles. The third-order valence-electron chi connectivity index (χ3n) is 3.20. The van der Waals surface area contributed by atoms with E-state index in [0.717, 1.165) is 19.4 Å². The van der Waals surface area contributed by atoms with E-state index in [9.17, 15) is 9.59 Å². The average molecular weight is 295 g/mol. The van der Waals surface area contributed by atoms with Gasteiger partial charge in [0.05, 0.1) is 6.10 Å². The van der Waals surface area contributed by atoms with Crippen LogP contribution in [0.3, 0.4) is 0 Å². The Morgan fingerprint density at radius 1 is 1.52 bits per heavy atom. The van der Waals surface area contributed by atoms with E-state index in [0.29, 0.717) is 6.54 Å². The zero-order valence-corrected chi connectivity index (χ0v) is 12.3. The van der Waals surface area contributed by atoms with Gasteiger partial charge in [-0.1, -0.05) is 13.8 Å². The number of carboxylic acid groups (broad SMARTS) is 1. The lowest BCUT2D eigenvalue weighted by Gasteiger charge is -2.17. The second-order valence-corrected chi connectivity index (χ2v) is 5.25. The third-order valence-corrected chi connectivity index (χ3v) is 3.20. The summed E-state index contributed by atoms with van der Waals surface area (Å²) in [5.74, 6) is -2.09. The lowest BCUT2D eigenvalue weighted by Crippen LogP contribution is -2.45. The highest BCUT2D eigenvalue weighted by molar-refractivity contribution is 5.99. The van der Waals surface area contributed by atoms with E-state index in [1.54, 1.807) is 19.9 Å². The number of amides is 1. The van der Waals surface area contributed by atoms with Crippen LogP contribution in [-0.4, -0.2) is 42.3 Å². The van der Waals surface area contributed by atoms with Crippen molar-refractivity contribution in [1.82, 2.24) is 10.6 Å². The van der Waals surface area contributed by atoms with Crippen LogP contribution in [0.15, 0.2) is 11.8 Å². The molecule has 2 atom stereocenters. The first-order chi connectivity index (χ1) is 9.95. The van der Waals surface area contributed by atoms with Gasteiger partial charge < -0.3 is 20.5 Å². The molecule has 1 aliphatic heterocycles. The van der Waals surface area contributed by atoms with E-state index in [-0.39, 0.29) is 17.6 Å². The van der Waals surface area contributed by atoms with Crippen molar-refractivity contribution in [3.05, 3.63) is 11.8 Å². The second-order valence-electron chi connectivity index (χ2n) is 5.25. The molecule has 0 bridgehead atoms. The first kappa shape index (κ1) is 17.0. The first-order valence-corrected chi connectivity index (χ1v) is 6.94. The fourth-order valence-electron chi connectivity index (χ4n) is 1.98. The van der Waals surface area contributed by atoms with Gasteiger partial charge in [0, 0.05) is 19.4 Å². The third kappa shape index (κ3) is 5.44. The lowest BCUT2D eigenvalue weighted by molar-refractivity contribution is -0.142. The molecular formula is C14H21N3O4. The second kappa shape index (κ2) is 8.27. The van der Waals surface area contributed by atoms with Gasteiger partial charge in [0.2, 0.25) is 0 Å². The molecule has 0 aromatic heterocycles. The van der Waals surface area contributed by atoms with Crippen molar-refractivity contribution in [1.29, 1.82) is 5.26 Å². The molecule has 7 nitrogen and oxygen atoms in total. The van der Waals surface area contributed by atoms with Gasteiger partial charge in [0.1, 0.15) is 17.7 Å². The summed E-state index contributed by atoms with van der Waals surface area (Å²) >= 11 is 0. The minimum Gasteiger partial charge on any atom is -0.480 e. The van der Waals surface area contributed by atoms with Crippen molar-refractivity contribution in [3.8, 4) is 6.07 Å². The molecule has 1 aliphatic rings. The van der Waals surface area contributed by atoms with Crippen molar-refractivity contribution < 1.29 is 19.4 Å². The molecule has 1 amide bonds. The van der Waals surface area contributed by atoms with Gasteiger partial charge in [0.15, 0.2) is 0 Å². The number of ether oxygens (including phenoxy) is 1. The normalized spacial score (nSPS) is 19.9. The number of carbonyl (C=O) groups excluding carboxylic acids is 1. The van der Waals surface area contributed by atoms with Gasteiger partial charge >= 0.3 is 5.97 Å². The standard InChI is InChI=1S/C14H21N3O4/c1-9(2)12(14(19)20)17-13(18)10(6-15)7-16-8-11-4-3-5-21-11/h7,9,11-12,16H,3-5,8H2,1-2H3,(H,17,18)(H,19,20)/b10-7-. The Morgan fingerprint density at radius 3 is 2.71 bits per heavy atom. The molecule has 0 radical (unpaired) electrons. The van der Waals surface area contributed by atoms with E-state index in [2.05, 4.69) is 10.6 Å². The number of carbonyl (C=O) groups is 2. The summed E-state index contributed by atoms with van der Waals surface area (Å²) in [6.45, 7) is 4.62. The van der Waals surface area contributed by atoms with Crippen LogP contribution < -0.4 is 10.6 Å². The number of nitriles is 1. The molecule has 0 aliphatic carbocycles. The zero-order chi connectivity index (χ0) is 15.8. The van der Waals surface area contributed by atoms with Crippen molar-refractivity contribution in [2.75, 3.05) is 13.2 Å². The minimum absolute atomic E-state index is 0.0895. The van der Waals surface area contributed by atoms with Crippen LogP contribution in [0, 0.1) is 17.2 Å². The largest absolute Gasteiger partial charge is 0.480 e. The van der Waals surface area contributed by atoms with Gasteiger partial charge in [-0.3, -0.25) is 4.79 Å². The fraction of sp³-hybridized carbons (Fsp3) is 0.643. The maximum atomic E-state index is 11.9. The Morgan fingerprint density at radius 2 is 2.24 bits per heavy atom. The minimum atomic E-state index is -1.12. The Bertz CT molecular complexity index is 448.